The van der Waals surface area contributed by atoms with Gasteiger partial charge in [0.05, 0.1) is 22.8 Å². The second-order valence-electron chi connectivity index (χ2n) is 7.98. The molecule has 0 aromatic heterocycles. The molecule has 0 radical (unpaired) electrons. The Morgan fingerprint density at radius 2 is 1.89 bits per heavy atom. The number of thioether (sulfide) groups is 2. The molecule has 11 nitrogen and oxygen atoms in total. The summed E-state index contributed by atoms with van der Waals surface area (Å²) in [6, 6.07) is -0.296. The highest BCUT2D eigenvalue weighted by atomic mass is 32.2. The number of amides is 1. The predicted molar refractivity (Wildman–Crippen MR) is 159 cm³/mol. The second kappa shape index (κ2) is 26.1. The number of rotatable bonds is 9. The number of thiol groups is 1. The van der Waals surface area contributed by atoms with Gasteiger partial charge in [-0.25, -0.2) is 0 Å². The average molecular weight is 589 g/mol. The highest BCUT2D eigenvalue weighted by Crippen LogP contribution is 2.17. The maximum atomic E-state index is 11.3. The predicted octanol–water partition coefficient (Wildman–Crippen LogP) is 3.15. The third kappa shape index (κ3) is 25.9. The minimum atomic E-state index is -0.748. The Balaban J connectivity index is -0.000000200. The van der Waals surface area contributed by atoms with Crippen LogP contribution in [0.15, 0.2) is 12.3 Å². The zero-order valence-corrected chi connectivity index (χ0v) is 24.6. The molecule has 1 heterocycles. The van der Waals surface area contributed by atoms with Crippen molar-refractivity contribution in [1.82, 2.24) is 4.90 Å². The topological polar surface area (TPSA) is 190 Å². The van der Waals surface area contributed by atoms with E-state index in [1.807, 2.05) is 20.9 Å². The number of likely N-dealkylation sites (N-methyl/N-ethyl adjacent to an activating group) is 1. The summed E-state index contributed by atoms with van der Waals surface area (Å²) >= 11 is 7.23. The van der Waals surface area contributed by atoms with E-state index in [0.29, 0.717) is 35.0 Å². The van der Waals surface area contributed by atoms with Crippen molar-refractivity contribution in [3.8, 4) is 0 Å². The van der Waals surface area contributed by atoms with Crippen molar-refractivity contribution in [1.29, 1.82) is 0 Å². The first-order valence-electron chi connectivity index (χ1n) is 11.4. The molecule has 1 aliphatic rings. The molecule has 1 rings (SSSR count). The van der Waals surface area contributed by atoms with Crippen molar-refractivity contribution in [2.45, 2.75) is 65.0 Å². The number of hydrogen-bond acceptors (Lipinski definition) is 10. The number of carboxylic acids is 2. The molecule has 0 bridgehead atoms. The summed E-state index contributed by atoms with van der Waals surface area (Å²) in [7, 11) is 1.81. The van der Waals surface area contributed by atoms with Gasteiger partial charge in [0.2, 0.25) is 12.1 Å². The maximum Gasteiger partial charge on any atom is 0.307 e. The van der Waals surface area contributed by atoms with Crippen LogP contribution in [0.4, 0.5) is 0 Å². The molecule has 37 heavy (non-hydrogen) atoms. The lowest BCUT2D eigenvalue weighted by Crippen LogP contribution is -2.42. The summed E-state index contributed by atoms with van der Waals surface area (Å²) < 4.78 is 0. The Hall–Kier alpha value is -1.48. The molecule has 0 aromatic carbocycles. The smallest absolute Gasteiger partial charge is 0.307 e. The van der Waals surface area contributed by atoms with Crippen LogP contribution in [0.3, 0.4) is 0 Å². The van der Waals surface area contributed by atoms with Crippen LogP contribution in [0.2, 0.25) is 0 Å². The number of hydrogen-bond donors (Lipinski definition) is 5. The molecule has 1 amide bonds. The first kappa shape index (κ1) is 42.6. The fraction of sp³-hybridized carbons (Fsp3) is 0.783. The van der Waals surface area contributed by atoms with Crippen LogP contribution in [0.25, 0.3) is 0 Å². The summed E-state index contributed by atoms with van der Waals surface area (Å²) in [5.41, 5.74) is 11.0. The number of carboxylic acid groups (broad SMARTS) is 2. The highest BCUT2D eigenvalue weighted by Gasteiger charge is 2.24. The summed E-state index contributed by atoms with van der Waals surface area (Å²) in [5.74, 6) is -0.109. The lowest BCUT2D eigenvalue weighted by molar-refractivity contribution is -0.402. The molecule has 0 spiro atoms. The normalized spacial score (nSPS) is 19.2. The Labute approximate surface area is 236 Å². The third-order valence-electron chi connectivity index (χ3n) is 4.50. The van der Waals surface area contributed by atoms with Crippen molar-refractivity contribution in [2.24, 2.45) is 23.3 Å². The van der Waals surface area contributed by atoms with E-state index < -0.39 is 16.9 Å². The fourth-order valence-corrected chi connectivity index (χ4v) is 4.42. The summed E-state index contributed by atoms with van der Waals surface area (Å²) in [5, 5.41) is 27.0. The number of carbonyl (C=O) groups excluding carboxylic acids is 1. The Bertz CT molecular complexity index is 668. The zero-order chi connectivity index (χ0) is 28.8. The van der Waals surface area contributed by atoms with Crippen LogP contribution >= 0.6 is 36.2 Å². The largest absolute Gasteiger partial charge is 0.481 e. The van der Waals surface area contributed by atoms with Gasteiger partial charge in [-0.2, -0.15) is 36.2 Å². The molecular weight excluding hydrogens is 540 g/mol. The number of allylic oxidation sites excluding steroid dienone is 1. The average Bonchev–Trinajstić information content (AvgIpc) is 2.91. The summed E-state index contributed by atoms with van der Waals surface area (Å²) in [6.45, 7) is 10.7. The van der Waals surface area contributed by atoms with Crippen LogP contribution < -0.4 is 11.5 Å². The van der Waals surface area contributed by atoms with Crippen molar-refractivity contribution in [3.05, 3.63) is 22.4 Å². The van der Waals surface area contributed by atoms with Gasteiger partial charge in [0, 0.05) is 47.9 Å². The maximum absolute atomic E-state index is 11.3. The standard InChI is InChI=1S/C7H14N2OS.C7H15NO2S.C5H10O2S.C3H5NO2.CH4/c1-5-3-9(2)7(10)6(8)4-11-5;1-5(7(9)10)4-11-6(2)3-8;1-2-4(3-8)5(6)7;1-2-3-4(5)6;/h5-6H,3-4,8H2,1-2H3;5-6H,3-4,8H2,1-2H3,(H,9,10);4,8H,2-3H2,1H3,(H,6,7);2-3H,1H3;1H4/b;;;3-2+;. The minimum Gasteiger partial charge on any atom is -0.481 e. The second-order valence-corrected chi connectivity index (χ2v) is 11.3. The zero-order valence-electron chi connectivity index (χ0n) is 22.0. The first-order valence-corrected chi connectivity index (χ1v) is 14.2. The van der Waals surface area contributed by atoms with E-state index in [-0.39, 0.29) is 31.2 Å². The van der Waals surface area contributed by atoms with E-state index in [2.05, 4.69) is 19.6 Å². The van der Waals surface area contributed by atoms with Gasteiger partial charge in [-0.15, -0.1) is 0 Å². The lowest BCUT2D eigenvalue weighted by atomic mass is 10.1. The van der Waals surface area contributed by atoms with Gasteiger partial charge in [0.15, 0.2) is 0 Å². The van der Waals surface area contributed by atoms with Gasteiger partial charge in [-0.05, 0) is 19.4 Å². The third-order valence-corrected chi connectivity index (χ3v) is 7.67. The highest BCUT2D eigenvalue weighted by molar-refractivity contribution is 8.00. The van der Waals surface area contributed by atoms with E-state index in [0.717, 1.165) is 18.5 Å². The van der Waals surface area contributed by atoms with Crippen LogP contribution in [-0.2, 0) is 14.4 Å². The molecule has 220 valence electrons. The van der Waals surface area contributed by atoms with Crippen LogP contribution in [0, 0.1) is 22.0 Å². The number of nitrogens with two attached hydrogens (primary N) is 2. The Morgan fingerprint density at radius 1 is 1.35 bits per heavy atom. The Morgan fingerprint density at radius 3 is 2.19 bits per heavy atom. The van der Waals surface area contributed by atoms with Gasteiger partial charge in [0.25, 0.3) is 0 Å². The molecule has 0 aromatic rings. The number of carbonyl (C=O) groups is 3. The molecule has 1 aliphatic heterocycles. The molecule has 1 saturated heterocycles. The van der Waals surface area contributed by atoms with Gasteiger partial charge >= 0.3 is 11.9 Å². The van der Waals surface area contributed by atoms with Gasteiger partial charge in [-0.3, -0.25) is 24.5 Å². The van der Waals surface area contributed by atoms with Crippen molar-refractivity contribution in [2.75, 3.05) is 37.4 Å². The molecule has 0 saturated carbocycles. The van der Waals surface area contributed by atoms with Gasteiger partial charge in [0.1, 0.15) is 0 Å². The number of aliphatic carboxylic acids is 2. The fourth-order valence-electron chi connectivity index (χ4n) is 2.10. The van der Waals surface area contributed by atoms with Crippen molar-refractivity contribution >= 4 is 54.0 Å². The van der Waals surface area contributed by atoms with Crippen molar-refractivity contribution < 1.29 is 29.5 Å². The lowest BCUT2D eigenvalue weighted by Gasteiger charge is -2.17. The van der Waals surface area contributed by atoms with E-state index in [1.54, 1.807) is 42.3 Å². The molecule has 14 heteroatoms. The number of nitro groups is 1. The molecular formula is C23H48N4O7S3. The van der Waals surface area contributed by atoms with Gasteiger partial charge < -0.3 is 26.6 Å². The van der Waals surface area contributed by atoms with E-state index >= 15 is 0 Å². The summed E-state index contributed by atoms with van der Waals surface area (Å²) in [4.78, 5) is 42.3. The van der Waals surface area contributed by atoms with Crippen LogP contribution in [-0.4, -0.2) is 91.8 Å². The van der Waals surface area contributed by atoms with Crippen LogP contribution in [0.5, 0.6) is 0 Å². The minimum absolute atomic E-state index is 0. The molecule has 5 atom stereocenters. The molecule has 6 N–H and O–H groups in total. The molecule has 0 aliphatic carbocycles. The number of nitrogens with zero attached hydrogens (tertiary/aromatic N) is 2. The molecule has 5 unspecified atom stereocenters. The van der Waals surface area contributed by atoms with Crippen molar-refractivity contribution in [3.63, 3.8) is 0 Å². The quantitative estimate of drug-likeness (QED) is 0.151. The van der Waals surface area contributed by atoms with E-state index in [9.17, 15) is 24.5 Å². The monoisotopic (exact) mass is 588 g/mol. The van der Waals surface area contributed by atoms with Crippen LogP contribution in [0.1, 0.15) is 48.5 Å². The van der Waals surface area contributed by atoms with E-state index in [4.69, 9.17) is 21.7 Å². The first-order chi connectivity index (χ1) is 16.7. The van der Waals surface area contributed by atoms with Gasteiger partial charge in [-0.1, -0.05) is 35.1 Å². The SMILES string of the molecule is C.C/C=C/[N+](=O)[O-].CC(CN)SCC(C)C(=O)O.CC1CN(C)C(=O)C(N)CS1.CCC(CS)C(=O)O. The Kier molecular flexibility index (Phi) is 30.1. The molecule has 1 fully saturated rings. The van der Waals surface area contributed by atoms with E-state index in [1.165, 1.54) is 6.08 Å². The summed E-state index contributed by atoms with van der Waals surface area (Å²) in [6.07, 6.45) is 2.93.